The summed E-state index contributed by atoms with van der Waals surface area (Å²) in [7, 11) is -2.58. The van der Waals surface area contributed by atoms with Gasteiger partial charge in [0, 0.05) is 18.2 Å². The number of hydrogen-bond acceptors (Lipinski definition) is 6. The van der Waals surface area contributed by atoms with Crippen molar-refractivity contribution >= 4 is 49.5 Å². The Balaban J connectivity index is 2.44. The van der Waals surface area contributed by atoms with E-state index in [4.69, 9.17) is 4.74 Å². The van der Waals surface area contributed by atoms with Gasteiger partial charge >= 0.3 is 0 Å². The van der Waals surface area contributed by atoms with Crippen molar-refractivity contribution in [3.63, 3.8) is 0 Å². The van der Waals surface area contributed by atoms with E-state index in [2.05, 4.69) is 6.08 Å². The molecule has 2 rings (SSSR count). The smallest absolute Gasteiger partial charge is 0.263 e. The number of benzene rings is 1. The van der Waals surface area contributed by atoms with E-state index < -0.39 is 10.1 Å². The van der Waals surface area contributed by atoms with Crippen LogP contribution in [0.25, 0.3) is 16.3 Å². The van der Waals surface area contributed by atoms with Crippen LogP contribution in [-0.4, -0.2) is 32.1 Å². The second-order valence-corrected chi connectivity index (χ2v) is 8.64. The van der Waals surface area contributed by atoms with Crippen LogP contribution in [0.5, 0.6) is 5.75 Å². The van der Waals surface area contributed by atoms with Gasteiger partial charge in [-0.2, -0.15) is 4.57 Å². The molecule has 8 heteroatoms. The van der Waals surface area contributed by atoms with E-state index in [1.807, 2.05) is 35.9 Å². The molecule has 0 fully saturated rings. The first kappa shape index (κ1) is 18.3. The lowest BCUT2D eigenvalue weighted by atomic mass is 10.3. The molecule has 2 aromatic rings. The van der Waals surface area contributed by atoms with Crippen molar-refractivity contribution in [3.8, 4) is 5.75 Å². The molecule has 1 heterocycles. The molecule has 126 valence electrons. The van der Waals surface area contributed by atoms with Crippen LogP contribution in [0.1, 0.15) is 18.4 Å². The van der Waals surface area contributed by atoms with E-state index in [1.54, 1.807) is 30.2 Å². The number of methoxy groups -OCH3 is 1. The Hall–Kier alpha value is -1.09. The average Bonchev–Trinajstić information content (AvgIpc) is 2.82. The molecule has 1 aromatic heterocycles. The van der Waals surface area contributed by atoms with E-state index in [1.165, 1.54) is 0 Å². The molecule has 0 atom stereocenters. The van der Waals surface area contributed by atoms with Gasteiger partial charge < -0.3 is 9.29 Å². The number of rotatable bonds is 7. The molecular formula is C15H19NO4S3. The van der Waals surface area contributed by atoms with Gasteiger partial charge in [0.1, 0.15) is 10.4 Å². The van der Waals surface area contributed by atoms with Crippen LogP contribution in [0.4, 0.5) is 0 Å². The van der Waals surface area contributed by atoms with Gasteiger partial charge in [0.05, 0.1) is 23.3 Å². The first-order chi connectivity index (χ1) is 10.8. The van der Waals surface area contributed by atoms with Gasteiger partial charge in [-0.05, 0) is 30.2 Å². The Morgan fingerprint density at radius 1 is 1.48 bits per heavy atom. The minimum Gasteiger partial charge on any atom is -0.748 e. The van der Waals surface area contributed by atoms with Crippen molar-refractivity contribution in [1.29, 1.82) is 0 Å². The number of aryl methyl sites for hydroxylation is 1. The SMILES string of the molecule is COc1ccc2sc(C=C(C)SC)[n+](CCCS(=O)(=O)[O-])c2c1. The predicted molar refractivity (Wildman–Crippen MR) is 94.9 cm³/mol. The van der Waals surface area contributed by atoms with Crippen LogP contribution in [0, 0.1) is 0 Å². The number of fused-ring (bicyclic) bond motifs is 1. The standard InChI is InChI=1S/C15H19NO4S3/c1-11(21-3)9-15-16(7-4-8-23(17,18)19)13-10-12(20-2)5-6-14(13)22-15/h5-6,9-10H,4,7-8H2,1-3H3. The molecule has 0 spiro atoms. The fraction of sp³-hybridized carbons (Fsp3) is 0.400. The average molecular weight is 374 g/mol. The maximum absolute atomic E-state index is 10.8. The van der Waals surface area contributed by atoms with Crippen LogP contribution in [-0.2, 0) is 16.7 Å². The van der Waals surface area contributed by atoms with Crippen molar-refractivity contribution in [2.24, 2.45) is 0 Å². The Bertz CT molecular complexity index is 825. The molecule has 0 N–H and O–H groups in total. The predicted octanol–water partition coefficient (Wildman–Crippen LogP) is 2.86. The topological polar surface area (TPSA) is 70.3 Å². The summed E-state index contributed by atoms with van der Waals surface area (Å²) in [6.07, 6.45) is 4.38. The summed E-state index contributed by atoms with van der Waals surface area (Å²) < 4.78 is 40.9. The zero-order valence-corrected chi connectivity index (χ0v) is 15.7. The van der Waals surface area contributed by atoms with Crippen LogP contribution in [0.2, 0.25) is 0 Å². The Morgan fingerprint density at radius 3 is 2.83 bits per heavy atom. The number of thioether (sulfide) groups is 1. The number of thiazole rings is 1. The van der Waals surface area contributed by atoms with E-state index >= 15 is 0 Å². The van der Waals surface area contributed by atoms with Crippen molar-refractivity contribution in [3.05, 3.63) is 28.1 Å². The largest absolute Gasteiger partial charge is 0.748 e. The molecule has 0 bridgehead atoms. The van der Waals surface area contributed by atoms with E-state index in [9.17, 15) is 13.0 Å². The highest BCUT2D eigenvalue weighted by atomic mass is 32.2. The van der Waals surface area contributed by atoms with E-state index in [0.717, 1.165) is 25.9 Å². The second kappa shape index (κ2) is 7.65. The van der Waals surface area contributed by atoms with E-state index in [0.29, 0.717) is 13.0 Å². The number of hydrogen-bond donors (Lipinski definition) is 0. The molecule has 5 nitrogen and oxygen atoms in total. The lowest BCUT2D eigenvalue weighted by molar-refractivity contribution is -0.668. The summed E-state index contributed by atoms with van der Waals surface area (Å²) in [5.74, 6) is 0.393. The monoisotopic (exact) mass is 373 g/mol. The van der Waals surface area contributed by atoms with E-state index in [-0.39, 0.29) is 5.75 Å². The number of aromatic nitrogens is 1. The molecule has 0 saturated carbocycles. The first-order valence-electron chi connectivity index (χ1n) is 7.00. The maximum Gasteiger partial charge on any atom is 0.263 e. The van der Waals surface area contributed by atoms with Crippen molar-refractivity contribution in [2.45, 2.75) is 19.9 Å². The van der Waals surface area contributed by atoms with Gasteiger partial charge in [-0.25, -0.2) is 8.42 Å². The minimum absolute atomic E-state index is 0.290. The summed E-state index contributed by atoms with van der Waals surface area (Å²) in [4.78, 5) is 1.16. The van der Waals surface area contributed by atoms with Crippen LogP contribution < -0.4 is 9.30 Å². The summed E-state index contributed by atoms with van der Waals surface area (Å²) in [5.41, 5.74) is 0.984. The van der Waals surface area contributed by atoms with Gasteiger partial charge in [0.2, 0.25) is 5.52 Å². The Morgan fingerprint density at radius 2 is 2.22 bits per heavy atom. The van der Waals surface area contributed by atoms with Gasteiger partial charge in [-0.15, -0.1) is 11.8 Å². The molecule has 0 saturated heterocycles. The quantitative estimate of drug-likeness (QED) is 0.551. The highest BCUT2D eigenvalue weighted by Crippen LogP contribution is 2.27. The summed E-state index contributed by atoms with van der Waals surface area (Å²) >= 11 is 3.29. The number of ether oxygens (including phenoxy) is 1. The third kappa shape index (κ3) is 4.94. The second-order valence-electron chi connectivity index (χ2n) is 5.00. The highest BCUT2D eigenvalue weighted by molar-refractivity contribution is 8.02. The molecule has 0 aliphatic heterocycles. The summed E-state index contributed by atoms with van der Waals surface area (Å²) in [6, 6.07) is 5.83. The molecular weight excluding hydrogens is 354 g/mol. The van der Waals surface area contributed by atoms with Crippen LogP contribution >= 0.6 is 23.1 Å². The third-order valence-electron chi connectivity index (χ3n) is 3.36. The lowest BCUT2D eigenvalue weighted by Gasteiger charge is -2.04. The van der Waals surface area contributed by atoms with Gasteiger partial charge in [-0.3, -0.25) is 0 Å². The van der Waals surface area contributed by atoms with Crippen molar-refractivity contribution in [2.75, 3.05) is 19.1 Å². The fourth-order valence-electron chi connectivity index (χ4n) is 2.18. The highest BCUT2D eigenvalue weighted by Gasteiger charge is 2.20. The molecule has 0 radical (unpaired) electrons. The number of allylic oxidation sites excluding steroid dienone is 1. The minimum atomic E-state index is -4.19. The van der Waals surface area contributed by atoms with Crippen LogP contribution in [0.3, 0.4) is 0 Å². The van der Waals surface area contributed by atoms with Crippen LogP contribution in [0.15, 0.2) is 23.1 Å². The van der Waals surface area contributed by atoms with Gasteiger partial charge in [-0.1, -0.05) is 11.3 Å². The van der Waals surface area contributed by atoms with Crippen molar-refractivity contribution in [1.82, 2.24) is 0 Å². The molecule has 0 aliphatic rings. The molecule has 23 heavy (non-hydrogen) atoms. The molecule has 0 amide bonds. The fourth-order valence-corrected chi connectivity index (χ4v) is 4.14. The van der Waals surface area contributed by atoms with Gasteiger partial charge in [0.25, 0.3) is 5.01 Å². The zero-order chi connectivity index (χ0) is 17.0. The molecule has 0 unspecified atom stereocenters. The van der Waals surface area contributed by atoms with Crippen molar-refractivity contribution < 1.29 is 22.3 Å². The maximum atomic E-state index is 10.8. The summed E-state index contributed by atoms with van der Waals surface area (Å²) in [5, 5.41) is 1.03. The normalized spacial score (nSPS) is 12.8. The molecule has 0 aliphatic carbocycles. The first-order valence-corrected chi connectivity index (χ1v) is 10.6. The van der Waals surface area contributed by atoms with Gasteiger partial charge in [0.15, 0.2) is 6.54 Å². The number of nitrogens with zero attached hydrogens (tertiary/aromatic N) is 1. The lowest BCUT2D eigenvalue weighted by Crippen LogP contribution is -2.36. The molecule has 1 aromatic carbocycles. The Labute approximate surface area is 144 Å². The zero-order valence-electron chi connectivity index (χ0n) is 13.2. The Kier molecular flexibility index (Phi) is 6.07. The third-order valence-corrected chi connectivity index (χ3v) is 6.03. The summed E-state index contributed by atoms with van der Waals surface area (Å²) in [6.45, 7) is 2.50.